The fourth-order valence-electron chi connectivity index (χ4n) is 1.18. The minimum absolute atomic E-state index is 0.0649. The fraction of sp³-hybridized carbons (Fsp3) is 0.273. The highest BCUT2D eigenvalue weighted by molar-refractivity contribution is 9.10. The van der Waals surface area contributed by atoms with Crippen molar-refractivity contribution in [3.8, 4) is 0 Å². The number of hydrogen-bond donors (Lipinski definition) is 0. The summed E-state index contributed by atoms with van der Waals surface area (Å²) in [5.74, 6) is -0.0649. The molecule has 0 fully saturated rings. The molecule has 1 heterocycles. The van der Waals surface area contributed by atoms with Crippen molar-refractivity contribution in [2.75, 3.05) is 13.1 Å². The van der Waals surface area contributed by atoms with Crippen molar-refractivity contribution in [3.05, 3.63) is 41.2 Å². The molecule has 15 heavy (non-hydrogen) atoms. The van der Waals surface area contributed by atoms with Crippen LogP contribution in [0.4, 0.5) is 0 Å². The Kier molecular flexibility index (Phi) is 4.49. The molecule has 3 nitrogen and oxygen atoms in total. The standard InChI is InChI=1S/C11H13BrN2O/c1-3-7-14(4-2)11(15)10-6-5-9(12)8-13-10/h3,5-6,8H,1,4,7H2,2H3. The van der Waals surface area contributed by atoms with Gasteiger partial charge in [0.15, 0.2) is 0 Å². The molecule has 80 valence electrons. The van der Waals surface area contributed by atoms with Crippen LogP contribution in [0.1, 0.15) is 17.4 Å². The summed E-state index contributed by atoms with van der Waals surface area (Å²) < 4.78 is 0.866. The lowest BCUT2D eigenvalue weighted by Gasteiger charge is -2.18. The van der Waals surface area contributed by atoms with Gasteiger partial charge in [0.1, 0.15) is 5.69 Å². The van der Waals surface area contributed by atoms with E-state index in [0.29, 0.717) is 18.8 Å². The Hall–Kier alpha value is -1.16. The maximum absolute atomic E-state index is 11.9. The Bertz CT molecular complexity index is 348. The molecule has 0 aromatic carbocycles. The van der Waals surface area contributed by atoms with Crippen LogP contribution in [-0.2, 0) is 0 Å². The average molecular weight is 269 g/mol. The Balaban J connectivity index is 2.82. The van der Waals surface area contributed by atoms with Crippen LogP contribution < -0.4 is 0 Å². The maximum Gasteiger partial charge on any atom is 0.272 e. The van der Waals surface area contributed by atoms with E-state index < -0.39 is 0 Å². The highest BCUT2D eigenvalue weighted by atomic mass is 79.9. The summed E-state index contributed by atoms with van der Waals surface area (Å²) >= 11 is 3.28. The van der Waals surface area contributed by atoms with E-state index in [1.54, 1.807) is 23.2 Å². The lowest BCUT2D eigenvalue weighted by atomic mass is 10.3. The van der Waals surface area contributed by atoms with Gasteiger partial charge in [0.2, 0.25) is 0 Å². The van der Waals surface area contributed by atoms with Gasteiger partial charge in [-0.25, -0.2) is 4.98 Å². The molecule has 1 rings (SSSR count). The molecule has 0 saturated carbocycles. The van der Waals surface area contributed by atoms with Crippen LogP contribution in [0.15, 0.2) is 35.5 Å². The Morgan fingerprint density at radius 1 is 1.67 bits per heavy atom. The van der Waals surface area contributed by atoms with Gasteiger partial charge in [-0.15, -0.1) is 6.58 Å². The highest BCUT2D eigenvalue weighted by Gasteiger charge is 2.13. The number of carbonyl (C=O) groups is 1. The molecule has 0 bridgehead atoms. The number of aromatic nitrogens is 1. The number of nitrogens with zero attached hydrogens (tertiary/aromatic N) is 2. The summed E-state index contributed by atoms with van der Waals surface area (Å²) in [5, 5.41) is 0. The second-order valence-electron chi connectivity index (χ2n) is 2.99. The molecule has 1 aromatic rings. The number of halogens is 1. The third-order valence-corrected chi connectivity index (χ3v) is 2.43. The molecule has 0 N–H and O–H groups in total. The zero-order valence-corrected chi connectivity index (χ0v) is 10.2. The highest BCUT2D eigenvalue weighted by Crippen LogP contribution is 2.09. The topological polar surface area (TPSA) is 33.2 Å². The first-order valence-electron chi connectivity index (χ1n) is 4.70. The van der Waals surface area contributed by atoms with Gasteiger partial charge >= 0.3 is 0 Å². The number of likely N-dealkylation sites (N-methyl/N-ethyl adjacent to an activating group) is 1. The van der Waals surface area contributed by atoms with Gasteiger partial charge in [0, 0.05) is 23.8 Å². The van der Waals surface area contributed by atoms with Gasteiger partial charge in [0.25, 0.3) is 5.91 Å². The van der Waals surface area contributed by atoms with Gasteiger partial charge in [0.05, 0.1) is 0 Å². The number of rotatable bonds is 4. The molecular weight excluding hydrogens is 256 g/mol. The minimum atomic E-state index is -0.0649. The van der Waals surface area contributed by atoms with E-state index in [0.717, 1.165) is 4.47 Å². The average Bonchev–Trinajstić information content (AvgIpc) is 2.26. The van der Waals surface area contributed by atoms with Crippen LogP contribution in [0.2, 0.25) is 0 Å². The predicted octanol–water partition coefficient (Wildman–Crippen LogP) is 2.49. The van der Waals surface area contributed by atoms with Crippen LogP contribution >= 0.6 is 15.9 Å². The van der Waals surface area contributed by atoms with Crippen molar-refractivity contribution in [2.45, 2.75) is 6.92 Å². The van der Waals surface area contributed by atoms with Crippen LogP contribution in [0.25, 0.3) is 0 Å². The van der Waals surface area contributed by atoms with Crippen LogP contribution in [-0.4, -0.2) is 28.9 Å². The fourth-order valence-corrected chi connectivity index (χ4v) is 1.41. The summed E-state index contributed by atoms with van der Waals surface area (Å²) in [7, 11) is 0. The first kappa shape index (κ1) is 11.9. The summed E-state index contributed by atoms with van der Waals surface area (Å²) in [4.78, 5) is 17.6. The first-order chi connectivity index (χ1) is 7.19. The van der Waals surface area contributed by atoms with Crippen molar-refractivity contribution in [1.29, 1.82) is 0 Å². The molecule has 0 aliphatic rings. The maximum atomic E-state index is 11.9. The molecule has 0 radical (unpaired) electrons. The molecule has 1 aromatic heterocycles. The second kappa shape index (κ2) is 5.66. The largest absolute Gasteiger partial charge is 0.334 e. The quantitative estimate of drug-likeness (QED) is 0.787. The number of amides is 1. The molecule has 0 unspecified atom stereocenters. The van der Waals surface area contributed by atoms with Crippen LogP contribution in [0.5, 0.6) is 0 Å². The third kappa shape index (κ3) is 3.16. The van der Waals surface area contributed by atoms with Gasteiger partial charge in [-0.2, -0.15) is 0 Å². The van der Waals surface area contributed by atoms with Crippen LogP contribution in [0.3, 0.4) is 0 Å². The van der Waals surface area contributed by atoms with Crippen molar-refractivity contribution in [2.24, 2.45) is 0 Å². The van der Waals surface area contributed by atoms with Crippen LogP contribution in [0, 0.1) is 0 Å². The molecule has 1 amide bonds. The Morgan fingerprint density at radius 2 is 2.40 bits per heavy atom. The number of hydrogen-bond acceptors (Lipinski definition) is 2. The summed E-state index contributed by atoms with van der Waals surface area (Å²) in [6.45, 7) is 6.75. The third-order valence-electron chi connectivity index (χ3n) is 1.96. The molecule has 0 saturated heterocycles. The SMILES string of the molecule is C=CCN(CC)C(=O)c1ccc(Br)cn1. The first-order valence-corrected chi connectivity index (χ1v) is 5.50. The van der Waals surface area contributed by atoms with Gasteiger partial charge in [-0.3, -0.25) is 4.79 Å². The predicted molar refractivity (Wildman–Crippen MR) is 63.7 cm³/mol. The number of pyridine rings is 1. The molecule has 4 heteroatoms. The summed E-state index contributed by atoms with van der Waals surface area (Å²) in [6.07, 6.45) is 3.33. The van der Waals surface area contributed by atoms with E-state index in [2.05, 4.69) is 27.5 Å². The summed E-state index contributed by atoms with van der Waals surface area (Å²) in [6, 6.07) is 3.51. The Morgan fingerprint density at radius 3 is 2.87 bits per heavy atom. The van der Waals surface area contributed by atoms with E-state index in [4.69, 9.17) is 0 Å². The lowest BCUT2D eigenvalue weighted by Crippen LogP contribution is -2.31. The smallest absolute Gasteiger partial charge is 0.272 e. The minimum Gasteiger partial charge on any atom is -0.334 e. The molecule has 0 aliphatic carbocycles. The van der Waals surface area contributed by atoms with Crippen molar-refractivity contribution >= 4 is 21.8 Å². The number of carbonyl (C=O) groups excluding carboxylic acids is 1. The molecule has 0 atom stereocenters. The summed E-state index contributed by atoms with van der Waals surface area (Å²) in [5.41, 5.74) is 0.460. The van der Waals surface area contributed by atoms with Crippen molar-refractivity contribution in [1.82, 2.24) is 9.88 Å². The van der Waals surface area contributed by atoms with Crippen molar-refractivity contribution in [3.63, 3.8) is 0 Å². The van der Waals surface area contributed by atoms with Gasteiger partial charge < -0.3 is 4.90 Å². The normalized spacial score (nSPS) is 9.73. The zero-order chi connectivity index (χ0) is 11.3. The second-order valence-corrected chi connectivity index (χ2v) is 3.91. The molecule has 0 spiro atoms. The van der Waals surface area contributed by atoms with Gasteiger partial charge in [-0.05, 0) is 35.0 Å². The monoisotopic (exact) mass is 268 g/mol. The molecule has 0 aliphatic heterocycles. The van der Waals surface area contributed by atoms with Gasteiger partial charge in [-0.1, -0.05) is 6.08 Å². The van der Waals surface area contributed by atoms with Crippen molar-refractivity contribution < 1.29 is 4.79 Å². The van der Waals surface area contributed by atoms with E-state index in [1.807, 2.05) is 13.0 Å². The van der Waals surface area contributed by atoms with E-state index >= 15 is 0 Å². The van der Waals surface area contributed by atoms with E-state index in [9.17, 15) is 4.79 Å². The van der Waals surface area contributed by atoms with E-state index in [1.165, 1.54) is 0 Å². The zero-order valence-electron chi connectivity index (χ0n) is 8.61. The Labute approximate surface area is 97.9 Å². The van der Waals surface area contributed by atoms with E-state index in [-0.39, 0.29) is 5.91 Å². The lowest BCUT2D eigenvalue weighted by molar-refractivity contribution is 0.0776. The molecular formula is C11H13BrN2O.